The van der Waals surface area contributed by atoms with Crippen LogP contribution < -0.4 is 10.6 Å². The summed E-state index contributed by atoms with van der Waals surface area (Å²) in [5.74, 6) is 1.92. The van der Waals surface area contributed by atoms with Crippen molar-refractivity contribution in [1.29, 1.82) is 0 Å². The largest absolute Gasteiger partial charge is 0.457 e. The van der Waals surface area contributed by atoms with E-state index in [1.165, 1.54) is 10.4 Å². The van der Waals surface area contributed by atoms with E-state index in [1.54, 1.807) is 17.4 Å². The summed E-state index contributed by atoms with van der Waals surface area (Å²) in [6, 6.07) is 9.05. The van der Waals surface area contributed by atoms with Gasteiger partial charge in [0.25, 0.3) is 5.91 Å². The van der Waals surface area contributed by atoms with E-state index in [-0.39, 0.29) is 5.91 Å². The summed E-state index contributed by atoms with van der Waals surface area (Å²) in [4.78, 5) is 14.4. The van der Waals surface area contributed by atoms with Gasteiger partial charge in [0.2, 0.25) is 0 Å². The maximum Gasteiger partial charge on any atom is 0.256 e. The summed E-state index contributed by atoms with van der Waals surface area (Å²) >= 11 is 14.0. The fourth-order valence-electron chi connectivity index (χ4n) is 4.76. The molecule has 2 aromatic heterocycles. The Morgan fingerprint density at radius 1 is 1.16 bits per heavy atom. The summed E-state index contributed by atoms with van der Waals surface area (Å²) in [6.45, 7) is 6.99. The standard InChI is InChI=1S/C25H26Cl2N2O2S/c1-4-25(2,3)14-5-6-17-20(11-14)32-24-21(17)23(30)28-22(29-24)19-8-7-18(31-19)13-9-15(26)12-16(27)10-13/h7-10,12,14,22,29H,4-6,11H2,1-3H3,(H,28,30). The minimum absolute atomic E-state index is 0.0294. The van der Waals surface area contributed by atoms with E-state index in [1.807, 2.05) is 24.3 Å². The molecule has 0 spiro atoms. The first-order valence-corrected chi connectivity index (χ1v) is 12.6. The molecule has 1 aromatic carbocycles. The highest BCUT2D eigenvalue weighted by Crippen LogP contribution is 2.47. The van der Waals surface area contributed by atoms with Crippen LogP contribution in [0.25, 0.3) is 11.3 Å². The number of hydrogen-bond donors (Lipinski definition) is 2. The molecule has 1 amide bonds. The van der Waals surface area contributed by atoms with E-state index in [0.717, 1.165) is 41.8 Å². The van der Waals surface area contributed by atoms with Crippen molar-refractivity contribution in [3.63, 3.8) is 0 Å². The quantitative estimate of drug-likeness (QED) is 0.395. The number of anilines is 1. The van der Waals surface area contributed by atoms with E-state index < -0.39 is 6.17 Å². The van der Waals surface area contributed by atoms with Gasteiger partial charge >= 0.3 is 0 Å². The lowest BCUT2D eigenvalue weighted by Gasteiger charge is -2.36. The van der Waals surface area contributed by atoms with Crippen LogP contribution in [0.2, 0.25) is 10.0 Å². The van der Waals surface area contributed by atoms with Crippen molar-refractivity contribution in [1.82, 2.24) is 5.32 Å². The Labute approximate surface area is 202 Å². The third-order valence-electron chi connectivity index (χ3n) is 7.12. The molecule has 2 aliphatic rings. The molecule has 0 radical (unpaired) electrons. The molecule has 0 bridgehead atoms. The molecule has 32 heavy (non-hydrogen) atoms. The fourth-order valence-corrected chi connectivity index (χ4v) is 6.63. The Bertz CT molecular complexity index is 1180. The van der Waals surface area contributed by atoms with Crippen molar-refractivity contribution >= 4 is 45.4 Å². The van der Waals surface area contributed by atoms with Gasteiger partial charge in [-0.3, -0.25) is 4.79 Å². The SMILES string of the molecule is CCC(C)(C)C1CCc2c(sc3c2C(=O)NC(c2ccc(-c4cc(Cl)cc(Cl)c4)o2)N3)C1. The molecule has 0 saturated heterocycles. The molecule has 3 heterocycles. The van der Waals surface area contributed by atoms with E-state index in [9.17, 15) is 4.79 Å². The molecule has 168 valence electrons. The van der Waals surface area contributed by atoms with Crippen LogP contribution in [0.15, 0.2) is 34.7 Å². The Balaban J connectivity index is 1.41. The Morgan fingerprint density at radius 2 is 1.91 bits per heavy atom. The van der Waals surface area contributed by atoms with Crippen LogP contribution >= 0.6 is 34.5 Å². The number of benzene rings is 1. The van der Waals surface area contributed by atoms with Crippen LogP contribution in [0.3, 0.4) is 0 Å². The molecule has 0 fully saturated rings. The fraction of sp³-hybridized carbons (Fsp3) is 0.400. The molecule has 7 heteroatoms. The number of nitrogens with one attached hydrogen (secondary N) is 2. The van der Waals surface area contributed by atoms with Crippen molar-refractivity contribution < 1.29 is 9.21 Å². The molecule has 1 aliphatic carbocycles. The summed E-state index contributed by atoms with van der Waals surface area (Å²) in [5.41, 5.74) is 3.16. The number of furan rings is 1. The van der Waals surface area contributed by atoms with Gasteiger partial charge in [0.05, 0.1) is 5.56 Å². The third kappa shape index (κ3) is 3.85. The van der Waals surface area contributed by atoms with E-state index in [2.05, 4.69) is 31.4 Å². The predicted molar refractivity (Wildman–Crippen MR) is 132 cm³/mol. The smallest absolute Gasteiger partial charge is 0.256 e. The number of amides is 1. The zero-order valence-electron chi connectivity index (χ0n) is 18.4. The van der Waals surface area contributed by atoms with Gasteiger partial charge in [-0.1, -0.05) is 50.4 Å². The first-order valence-electron chi connectivity index (χ1n) is 11.0. The van der Waals surface area contributed by atoms with Gasteiger partial charge < -0.3 is 15.1 Å². The molecular formula is C25H26Cl2N2O2S. The summed E-state index contributed by atoms with van der Waals surface area (Å²) in [5, 5.41) is 8.62. The number of carbonyl (C=O) groups excluding carboxylic acids is 1. The second kappa shape index (κ2) is 8.12. The second-order valence-electron chi connectivity index (χ2n) is 9.40. The maximum absolute atomic E-state index is 13.1. The number of hydrogen-bond acceptors (Lipinski definition) is 4. The average molecular weight is 489 g/mol. The van der Waals surface area contributed by atoms with Gasteiger partial charge in [-0.25, -0.2) is 0 Å². The highest BCUT2D eigenvalue weighted by molar-refractivity contribution is 7.16. The highest BCUT2D eigenvalue weighted by Gasteiger charge is 2.37. The van der Waals surface area contributed by atoms with Crippen LogP contribution in [0.5, 0.6) is 0 Å². The van der Waals surface area contributed by atoms with Gasteiger partial charge in [0, 0.05) is 20.5 Å². The minimum Gasteiger partial charge on any atom is -0.457 e. The normalized spacial score (nSPS) is 20.3. The van der Waals surface area contributed by atoms with Crippen molar-refractivity contribution in [3.8, 4) is 11.3 Å². The van der Waals surface area contributed by atoms with E-state index >= 15 is 0 Å². The topological polar surface area (TPSA) is 54.3 Å². The van der Waals surface area contributed by atoms with Crippen LogP contribution in [-0.4, -0.2) is 5.91 Å². The molecule has 4 nitrogen and oxygen atoms in total. The predicted octanol–water partition coefficient (Wildman–Crippen LogP) is 7.71. The second-order valence-corrected chi connectivity index (χ2v) is 11.4. The van der Waals surface area contributed by atoms with Gasteiger partial charge in [0.15, 0.2) is 6.17 Å². The van der Waals surface area contributed by atoms with Gasteiger partial charge in [-0.05, 0) is 66.5 Å². The van der Waals surface area contributed by atoms with Crippen LogP contribution in [0, 0.1) is 11.3 Å². The Morgan fingerprint density at radius 3 is 2.62 bits per heavy atom. The lowest BCUT2D eigenvalue weighted by molar-refractivity contribution is 0.0930. The summed E-state index contributed by atoms with van der Waals surface area (Å²) in [6.07, 6.45) is 3.90. The van der Waals surface area contributed by atoms with Gasteiger partial charge in [-0.15, -0.1) is 11.3 Å². The summed E-state index contributed by atoms with van der Waals surface area (Å²) in [7, 11) is 0. The minimum atomic E-state index is -0.415. The number of rotatable bonds is 4. The summed E-state index contributed by atoms with van der Waals surface area (Å²) < 4.78 is 6.07. The first-order chi connectivity index (χ1) is 15.2. The molecule has 0 saturated carbocycles. The van der Waals surface area contributed by atoms with Gasteiger partial charge in [-0.2, -0.15) is 0 Å². The van der Waals surface area contributed by atoms with Crippen LogP contribution in [-0.2, 0) is 12.8 Å². The van der Waals surface area contributed by atoms with Crippen LogP contribution in [0.4, 0.5) is 5.00 Å². The Hall–Kier alpha value is -1.95. The lowest BCUT2D eigenvalue weighted by atomic mass is 9.69. The van der Waals surface area contributed by atoms with E-state index in [0.29, 0.717) is 32.9 Å². The lowest BCUT2D eigenvalue weighted by Crippen LogP contribution is -2.38. The third-order valence-corrected chi connectivity index (χ3v) is 8.74. The molecule has 2 unspecified atom stereocenters. The molecule has 5 rings (SSSR count). The van der Waals surface area contributed by atoms with Crippen molar-refractivity contribution in [2.45, 2.75) is 52.6 Å². The molecule has 2 N–H and O–H groups in total. The van der Waals surface area contributed by atoms with Crippen molar-refractivity contribution in [2.24, 2.45) is 11.3 Å². The molecule has 1 aliphatic heterocycles. The zero-order chi connectivity index (χ0) is 22.6. The maximum atomic E-state index is 13.1. The molecule has 3 aromatic rings. The van der Waals surface area contributed by atoms with Crippen molar-refractivity contribution in [3.05, 3.63) is 62.1 Å². The zero-order valence-corrected chi connectivity index (χ0v) is 20.7. The number of carbonyl (C=O) groups is 1. The average Bonchev–Trinajstić information content (AvgIpc) is 3.37. The monoisotopic (exact) mass is 488 g/mol. The first kappa shape index (κ1) is 21.9. The molecule has 2 atom stereocenters. The number of fused-ring (bicyclic) bond motifs is 3. The van der Waals surface area contributed by atoms with Gasteiger partial charge in [0.1, 0.15) is 16.5 Å². The van der Waals surface area contributed by atoms with Crippen LogP contribution in [0.1, 0.15) is 66.3 Å². The number of halogens is 2. The molecular weight excluding hydrogens is 463 g/mol. The number of thiophene rings is 1. The van der Waals surface area contributed by atoms with Crippen molar-refractivity contribution in [2.75, 3.05) is 5.32 Å². The van der Waals surface area contributed by atoms with E-state index in [4.69, 9.17) is 27.6 Å². The Kier molecular flexibility index (Phi) is 5.55. The highest BCUT2D eigenvalue weighted by atomic mass is 35.5.